The predicted molar refractivity (Wildman–Crippen MR) is 139 cm³/mol. The molecule has 7 nitrogen and oxygen atoms in total. The Balaban J connectivity index is 0.00000241. The number of hydrogen-bond donors (Lipinski definition) is 0. The summed E-state index contributed by atoms with van der Waals surface area (Å²) in [5.74, 6) is 0. The summed E-state index contributed by atoms with van der Waals surface area (Å²) in [4.78, 5) is 25.2. The number of anilines is 2. The number of carbonyl (C=O) groups is 1. The monoisotopic (exact) mass is 489 g/mol. The highest BCUT2D eigenvalue weighted by atomic mass is 35.5. The lowest BCUT2D eigenvalue weighted by Crippen LogP contribution is -2.50. The number of ether oxygens (including phenoxy) is 1. The Morgan fingerprint density at radius 1 is 0.735 bits per heavy atom. The standard InChI is InChI=1S/C26H39N5O2.ClH/c32-20-22-2-1-21(19-27-15-17-33-18-16-27)25(30-11-7-28(8-12-30)23-3-4-23)26(22)31-13-9-29(10-14-31)24-5-6-24;/h1-2,20,23-24H,3-19H2;1H. The van der Waals surface area contributed by atoms with E-state index in [4.69, 9.17) is 4.74 Å². The highest BCUT2D eigenvalue weighted by Gasteiger charge is 2.35. The summed E-state index contributed by atoms with van der Waals surface area (Å²) in [7, 11) is 0. The molecule has 5 aliphatic rings. The van der Waals surface area contributed by atoms with Crippen LogP contribution in [-0.4, -0.2) is 112 Å². The second kappa shape index (κ2) is 10.7. The lowest BCUT2D eigenvalue weighted by atomic mass is 10.0. The fourth-order valence-corrected chi connectivity index (χ4v) is 6.05. The number of hydrogen-bond acceptors (Lipinski definition) is 7. The summed E-state index contributed by atoms with van der Waals surface area (Å²) in [5, 5.41) is 0. The number of morpholine rings is 1. The molecule has 0 N–H and O–H groups in total. The van der Waals surface area contributed by atoms with Crippen LogP contribution < -0.4 is 9.80 Å². The molecule has 2 saturated carbocycles. The van der Waals surface area contributed by atoms with Gasteiger partial charge in [0.2, 0.25) is 0 Å². The third kappa shape index (κ3) is 5.24. The number of carbonyl (C=O) groups excluding carboxylic acids is 1. The highest BCUT2D eigenvalue weighted by Crippen LogP contribution is 2.39. The molecule has 2 aliphatic carbocycles. The second-order valence-corrected chi connectivity index (χ2v) is 10.5. The second-order valence-electron chi connectivity index (χ2n) is 10.5. The molecular formula is C26H40ClN5O2. The van der Waals surface area contributed by atoms with Gasteiger partial charge in [0.05, 0.1) is 24.6 Å². The van der Waals surface area contributed by atoms with E-state index >= 15 is 0 Å². The largest absolute Gasteiger partial charge is 0.379 e. The van der Waals surface area contributed by atoms with E-state index < -0.39 is 0 Å². The maximum absolute atomic E-state index is 12.2. The van der Waals surface area contributed by atoms with Crippen LogP contribution in [0, 0.1) is 0 Å². The van der Waals surface area contributed by atoms with Gasteiger partial charge in [-0.3, -0.25) is 19.5 Å². The first kappa shape index (κ1) is 24.3. The average molecular weight is 490 g/mol. The molecule has 3 saturated heterocycles. The zero-order valence-corrected chi connectivity index (χ0v) is 21.2. The first-order chi connectivity index (χ1) is 16.3. The van der Waals surface area contributed by atoms with Gasteiger partial charge in [0.25, 0.3) is 0 Å². The fourth-order valence-electron chi connectivity index (χ4n) is 6.05. The maximum atomic E-state index is 12.2. The number of halogens is 1. The van der Waals surface area contributed by atoms with Crippen LogP contribution in [0.5, 0.6) is 0 Å². The molecule has 6 rings (SSSR count). The van der Waals surface area contributed by atoms with E-state index in [1.54, 1.807) is 0 Å². The molecule has 34 heavy (non-hydrogen) atoms. The Hall–Kier alpha value is -1.38. The van der Waals surface area contributed by atoms with E-state index in [0.717, 1.165) is 109 Å². The van der Waals surface area contributed by atoms with Gasteiger partial charge in [0.1, 0.15) is 0 Å². The SMILES string of the molecule is Cl.O=Cc1ccc(CN2CCOCC2)c(N2CCN(C3CC3)CC2)c1N1CCN(C2CC2)CC1. The zero-order valence-electron chi connectivity index (χ0n) is 20.4. The van der Waals surface area contributed by atoms with Crippen molar-refractivity contribution in [2.24, 2.45) is 0 Å². The van der Waals surface area contributed by atoms with E-state index in [1.165, 1.54) is 42.6 Å². The molecular weight excluding hydrogens is 450 g/mol. The van der Waals surface area contributed by atoms with Gasteiger partial charge in [0.15, 0.2) is 6.29 Å². The molecule has 3 aliphatic heterocycles. The van der Waals surface area contributed by atoms with Crippen LogP contribution in [0.3, 0.4) is 0 Å². The van der Waals surface area contributed by atoms with Crippen molar-refractivity contribution in [2.45, 2.75) is 44.3 Å². The van der Waals surface area contributed by atoms with Crippen molar-refractivity contribution >= 4 is 30.1 Å². The number of aldehydes is 1. The molecule has 0 radical (unpaired) electrons. The molecule has 0 amide bonds. The molecule has 0 aromatic heterocycles. The van der Waals surface area contributed by atoms with Crippen LogP contribution in [0.2, 0.25) is 0 Å². The predicted octanol–water partition coefficient (Wildman–Crippen LogP) is 2.32. The quantitative estimate of drug-likeness (QED) is 0.544. The molecule has 1 aromatic carbocycles. The molecule has 5 fully saturated rings. The molecule has 0 spiro atoms. The Labute approximate surface area is 210 Å². The number of piperazine rings is 2. The molecule has 1 aromatic rings. The molecule has 0 unspecified atom stereocenters. The minimum atomic E-state index is 0. The molecule has 188 valence electrons. The Morgan fingerprint density at radius 3 is 1.76 bits per heavy atom. The highest BCUT2D eigenvalue weighted by molar-refractivity contribution is 5.93. The fraction of sp³-hybridized carbons (Fsp3) is 0.731. The van der Waals surface area contributed by atoms with E-state index in [0.29, 0.717) is 0 Å². The summed E-state index contributed by atoms with van der Waals surface area (Å²) in [5.41, 5.74) is 4.77. The third-order valence-electron chi connectivity index (χ3n) is 8.28. The smallest absolute Gasteiger partial charge is 0.152 e. The summed E-state index contributed by atoms with van der Waals surface area (Å²) in [6.45, 7) is 13.2. The Morgan fingerprint density at radius 2 is 1.26 bits per heavy atom. The van der Waals surface area contributed by atoms with E-state index in [2.05, 4.69) is 36.6 Å². The number of benzene rings is 1. The Kier molecular flexibility index (Phi) is 7.66. The van der Waals surface area contributed by atoms with Gasteiger partial charge in [0, 0.05) is 89.6 Å². The molecule has 0 atom stereocenters. The minimum Gasteiger partial charge on any atom is -0.379 e. The lowest BCUT2D eigenvalue weighted by molar-refractivity contribution is 0.0342. The average Bonchev–Trinajstić information content (AvgIpc) is 3.78. The summed E-state index contributed by atoms with van der Waals surface area (Å²) in [6, 6.07) is 5.96. The van der Waals surface area contributed by atoms with Gasteiger partial charge in [-0.1, -0.05) is 6.07 Å². The summed E-state index contributed by atoms with van der Waals surface area (Å²) in [6.07, 6.45) is 6.57. The first-order valence-electron chi connectivity index (χ1n) is 13.2. The third-order valence-corrected chi connectivity index (χ3v) is 8.28. The minimum absolute atomic E-state index is 0. The van der Waals surface area contributed by atoms with Crippen LogP contribution in [0.15, 0.2) is 12.1 Å². The van der Waals surface area contributed by atoms with Crippen LogP contribution in [-0.2, 0) is 11.3 Å². The zero-order chi connectivity index (χ0) is 22.2. The van der Waals surface area contributed by atoms with Crippen molar-refractivity contribution in [3.8, 4) is 0 Å². The summed E-state index contributed by atoms with van der Waals surface area (Å²) >= 11 is 0. The maximum Gasteiger partial charge on any atom is 0.152 e. The van der Waals surface area contributed by atoms with Crippen molar-refractivity contribution in [1.82, 2.24) is 14.7 Å². The van der Waals surface area contributed by atoms with Crippen molar-refractivity contribution in [3.05, 3.63) is 23.3 Å². The summed E-state index contributed by atoms with van der Waals surface area (Å²) < 4.78 is 5.60. The van der Waals surface area contributed by atoms with Crippen LogP contribution >= 0.6 is 12.4 Å². The molecule has 8 heteroatoms. The van der Waals surface area contributed by atoms with Gasteiger partial charge in [-0.2, -0.15) is 0 Å². The van der Waals surface area contributed by atoms with Gasteiger partial charge < -0.3 is 14.5 Å². The number of nitrogens with zero attached hydrogens (tertiary/aromatic N) is 5. The van der Waals surface area contributed by atoms with Gasteiger partial charge in [-0.25, -0.2) is 0 Å². The number of rotatable bonds is 7. The first-order valence-corrected chi connectivity index (χ1v) is 13.2. The topological polar surface area (TPSA) is 42.5 Å². The van der Waals surface area contributed by atoms with Gasteiger partial charge in [-0.05, 0) is 37.3 Å². The molecule has 0 bridgehead atoms. The lowest BCUT2D eigenvalue weighted by Gasteiger charge is -2.43. The van der Waals surface area contributed by atoms with E-state index in [-0.39, 0.29) is 12.4 Å². The van der Waals surface area contributed by atoms with Gasteiger partial charge >= 0.3 is 0 Å². The van der Waals surface area contributed by atoms with Crippen molar-refractivity contribution in [1.29, 1.82) is 0 Å². The van der Waals surface area contributed by atoms with Crippen LogP contribution in [0.25, 0.3) is 0 Å². The Bertz CT molecular complexity index is 840. The van der Waals surface area contributed by atoms with Crippen molar-refractivity contribution < 1.29 is 9.53 Å². The van der Waals surface area contributed by atoms with Gasteiger partial charge in [-0.15, -0.1) is 12.4 Å². The van der Waals surface area contributed by atoms with Crippen molar-refractivity contribution in [2.75, 3.05) is 88.5 Å². The van der Waals surface area contributed by atoms with Crippen LogP contribution in [0.4, 0.5) is 11.4 Å². The normalized spacial score (nSPS) is 25.3. The van der Waals surface area contributed by atoms with E-state index in [9.17, 15) is 4.79 Å². The molecule has 3 heterocycles. The van der Waals surface area contributed by atoms with E-state index in [1.807, 2.05) is 0 Å². The van der Waals surface area contributed by atoms with Crippen LogP contribution in [0.1, 0.15) is 41.6 Å². The van der Waals surface area contributed by atoms with Crippen molar-refractivity contribution in [3.63, 3.8) is 0 Å².